The Bertz CT molecular complexity index is 979. The van der Waals surface area contributed by atoms with E-state index in [-0.39, 0.29) is 11.0 Å². The number of amides is 1. The predicted molar refractivity (Wildman–Crippen MR) is 105 cm³/mol. The SMILES string of the molecule is COC(=O)c1ccc(C(=O)NC(=S)Nc2cccc3ccccc23)cc1. The summed E-state index contributed by atoms with van der Waals surface area (Å²) in [5.74, 6) is -0.816. The molecule has 3 aromatic carbocycles. The number of nitrogens with one attached hydrogen (secondary N) is 2. The van der Waals surface area contributed by atoms with Gasteiger partial charge < -0.3 is 10.1 Å². The van der Waals surface area contributed by atoms with E-state index in [1.165, 1.54) is 19.2 Å². The Morgan fingerprint density at radius 3 is 2.27 bits per heavy atom. The third-order valence-corrected chi connectivity index (χ3v) is 4.04. The fourth-order valence-corrected chi connectivity index (χ4v) is 2.74. The lowest BCUT2D eigenvalue weighted by atomic mass is 10.1. The van der Waals surface area contributed by atoms with Crippen molar-refractivity contribution in [2.75, 3.05) is 12.4 Å². The van der Waals surface area contributed by atoms with Crippen LogP contribution in [0.3, 0.4) is 0 Å². The number of hydrogen-bond donors (Lipinski definition) is 2. The number of ether oxygens (including phenoxy) is 1. The molecule has 0 saturated heterocycles. The van der Waals surface area contributed by atoms with Gasteiger partial charge in [0.05, 0.1) is 12.7 Å². The second-order valence-corrected chi connectivity index (χ2v) is 5.91. The molecule has 0 heterocycles. The quantitative estimate of drug-likeness (QED) is 0.547. The number of carbonyl (C=O) groups excluding carboxylic acids is 2. The summed E-state index contributed by atoms with van der Waals surface area (Å²) in [6, 6.07) is 19.9. The minimum atomic E-state index is -0.454. The summed E-state index contributed by atoms with van der Waals surface area (Å²) in [6.07, 6.45) is 0. The zero-order valence-corrected chi connectivity index (χ0v) is 14.8. The van der Waals surface area contributed by atoms with Crippen molar-refractivity contribution >= 4 is 45.7 Å². The highest BCUT2D eigenvalue weighted by molar-refractivity contribution is 7.80. The van der Waals surface area contributed by atoms with Gasteiger partial charge in [-0.3, -0.25) is 10.1 Å². The third-order valence-electron chi connectivity index (χ3n) is 3.83. The first-order valence-corrected chi connectivity index (χ1v) is 8.28. The molecule has 0 saturated carbocycles. The van der Waals surface area contributed by atoms with Gasteiger partial charge in [0.15, 0.2) is 5.11 Å². The van der Waals surface area contributed by atoms with E-state index in [0.717, 1.165) is 16.5 Å². The normalized spacial score (nSPS) is 10.2. The average molecular weight is 364 g/mol. The molecule has 0 aliphatic rings. The van der Waals surface area contributed by atoms with Crippen molar-refractivity contribution in [1.29, 1.82) is 0 Å². The lowest BCUT2D eigenvalue weighted by Gasteiger charge is -2.12. The van der Waals surface area contributed by atoms with Crippen LogP contribution in [0.4, 0.5) is 5.69 Å². The maximum absolute atomic E-state index is 12.3. The number of carbonyl (C=O) groups is 2. The van der Waals surface area contributed by atoms with Crippen molar-refractivity contribution in [1.82, 2.24) is 5.32 Å². The smallest absolute Gasteiger partial charge is 0.337 e. The van der Waals surface area contributed by atoms with Crippen LogP contribution in [0.25, 0.3) is 10.8 Å². The van der Waals surface area contributed by atoms with Crippen molar-refractivity contribution in [3.63, 3.8) is 0 Å². The zero-order valence-electron chi connectivity index (χ0n) is 14.0. The molecule has 26 heavy (non-hydrogen) atoms. The Morgan fingerprint density at radius 2 is 1.54 bits per heavy atom. The van der Waals surface area contributed by atoms with E-state index in [0.29, 0.717) is 11.1 Å². The largest absolute Gasteiger partial charge is 0.465 e. The molecule has 0 aliphatic heterocycles. The van der Waals surface area contributed by atoms with E-state index in [1.807, 2.05) is 42.5 Å². The van der Waals surface area contributed by atoms with Gasteiger partial charge in [-0.2, -0.15) is 0 Å². The van der Waals surface area contributed by atoms with E-state index in [9.17, 15) is 9.59 Å². The number of methoxy groups -OCH3 is 1. The maximum Gasteiger partial charge on any atom is 0.337 e. The summed E-state index contributed by atoms with van der Waals surface area (Å²) in [5, 5.41) is 7.97. The van der Waals surface area contributed by atoms with Crippen LogP contribution in [0.2, 0.25) is 0 Å². The second-order valence-electron chi connectivity index (χ2n) is 5.50. The van der Waals surface area contributed by atoms with E-state index >= 15 is 0 Å². The molecule has 2 N–H and O–H groups in total. The first kappa shape index (κ1) is 17.6. The van der Waals surface area contributed by atoms with Crippen LogP contribution in [0.5, 0.6) is 0 Å². The van der Waals surface area contributed by atoms with Crippen LogP contribution in [0, 0.1) is 0 Å². The molecule has 0 bridgehead atoms. The fraction of sp³-hybridized carbons (Fsp3) is 0.0500. The van der Waals surface area contributed by atoms with Gasteiger partial charge in [0.25, 0.3) is 5.91 Å². The summed E-state index contributed by atoms with van der Waals surface area (Å²) in [5.41, 5.74) is 1.58. The molecule has 0 aliphatic carbocycles. The molecule has 0 unspecified atom stereocenters. The molecule has 6 heteroatoms. The Hall–Kier alpha value is -3.25. The van der Waals surface area contributed by atoms with Crippen molar-refractivity contribution in [3.05, 3.63) is 77.9 Å². The van der Waals surface area contributed by atoms with E-state index < -0.39 is 5.97 Å². The van der Waals surface area contributed by atoms with Crippen molar-refractivity contribution < 1.29 is 14.3 Å². The Labute approximate surface area is 156 Å². The zero-order chi connectivity index (χ0) is 18.5. The van der Waals surface area contributed by atoms with E-state index in [1.54, 1.807) is 12.1 Å². The molecule has 3 rings (SSSR count). The highest BCUT2D eigenvalue weighted by Gasteiger charge is 2.11. The van der Waals surface area contributed by atoms with Crippen molar-refractivity contribution in [3.8, 4) is 0 Å². The molecular weight excluding hydrogens is 348 g/mol. The lowest BCUT2D eigenvalue weighted by molar-refractivity contribution is 0.0600. The highest BCUT2D eigenvalue weighted by Crippen LogP contribution is 2.22. The summed E-state index contributed by atoms with van der Waals surface area (Å²) < 4.78 is 4.63. The molecule has 130 valence electrons. The minimum absolute atomic E-state index is 0.198. The van der Waals surface area contributed by atoms with Crippen molar-refractivity contribution in [2.24, 2.45) is 0 Å². The van der Waals surface area contributed by atoms with Crippen LogP contribution in [-0.4, -0.2) is 24.1 Å². The third kappa shape index (κ3) is 3.87. The van der Waals surface area contributed by atoms with Crippen LogP contribution in [0.15, 0.2) is 66.7 Å². The standard InChI is InChI=1S/C20H16N2O3S/c1-25-19(24)15-11-9-14(10-12-15)18(23)22-20(26)21-17-8-4-6-13-5-2-3-7-16(13)17/h2-12H,1H3,(H2,21,22,23,26). The molecule has 5 nitrogen and oxygen atoms in total. The van der Waals surface area contributed by atoms with Gasteiger partial charge in [-0.25, -0.2) is 4.79 Å². The Balaban J connectivity index is 1.69. The van der Waals surface area contributed by atoms with Gasteiger partial charge >= 0.3 is 5.97 Å². The van der Waals surface area contributed by atoms with Gasteiger partial charge in [0, 0.05) is 16.6 Å². The molecule has 3 aromatic rings. The second kappa shape index (κ2) is 7.76. The number of thiocarbonyl (C=S) groups is 1. The van der Waals surface area contributed by atoms with Gasteiger partial charge in [0.1, 0.15) is 0 Å². The number of esters is 1. The summed E-state index contributed by atoms with van der Waals surface area (Å²) in [7, 11) is 1.31. The molecular formula is C20H16N2O3S. The van der Waals surface area contributed by atoms with Crippen LogP contribution < -0.4 is 10.6 Å². The Morgan fingerprint density at radius 1 is 0.885 bits per heavy atom. The van der Waals surface area contributed by atoms with Gasteiger partial charge in [-0.1, -0.05) is 36.4 Å². The molecule has 0 atom stereocenters. The number of anilines is 1. The summed E-state index contributed by atoms with van der Waals surface area (Å²) >= 11 is 5.24. The van der Waals surface area contributed by atoms with Gasteiger partial charge in [-0.15, -0.1) is 0 Å². The fourth-order valence-electron chi connectivity index (χ4n) is 2.54. The number of fused-ring (bicyclic) bond motifs is 1. The van der Waals surface area contributed by atoms with Crippen LogP contribution in [0.1, 0.15) is 20.7 Å². The Kier molecular flexibility index (Phi) is 5.24. The summed E-state index contributed by atoms with van der Waals surface area (Å²) in [6.45, 7) is 0. The van der Waals surface area contributed by atoms with Gasteiger partial charge in [-0.05, 0) is 47.9 Å². The van der Waals surface area contributed by atoms with E-state index in [4.69, 9.17) is 12.2 Å². The van der Waals surface area contributed by atoms with Gasteiger partial charge in [0.2, 0.25) is 0 Å². The van der Waals surface area contributed by atoms with Crippen LogP contribution >= 0.6 is 12.2 Å². The molecule has 0 fully saturated rings. The molecule has 0 spiro atoms. The molecule has 1 amide bonds. The number of benzene rings is 3. The molecule has 0 aromatic heterocycles. The number of hydrogen-bond acceptors (Lipinski definition) is 4. The average Bonchev–Trinajstić information content (AvgIpc) is 2.67. The maximum atomic E-state index is 12.3. The monoisotopic (exact) mass is 364 g/mol. The minimum Gasteiger partial charge on any atom is -0.465 e. The van der Waals surface area contributed by atoms with E-state index in [2.05, 4.69) is 15.4 Å². The topological polar surface area (TPSA) is 67.4 Å². The first-order chi connectivity index (χ1) is 12.6. The van der Waals surface area contributed by atoms with Crippen molar-refractivity contribution in [2.45, 2.75) is 0 Å². The lowest BCUT2D eigenvalue weighted by Crippen LogP contribution is -2.34. The summed E-state index contributed by atoms with van der Waals surface area (Å²) in [4.78, 5) is 23.7. The highest BCUT2D eigenvalue weighted by atomic mass is 32.1. The molecule has 0 radical (unpaired) electrons. The first-order valence-electron chi connectivity index (χ1n) is 7.87. The predicted octanol–water partition coefficient (Wildman–Crippen LogP) is 3.75. The number of rotatable bonds is 3. The van der Waals surface area contributed by atoms with Crippen LogP contribution in [-0.2, 0) is 4.74 Å².